The van der Waals surface area contributed by atoms with Crippen LogP contribution in [0.4, 0.5) is 11.4 Å². The van der Waals surface area contributed by atoms with Crippen LogP contribution in [-0.2, 0) is 15.0 Å². The van der Waals surface area contributed by atoms with Gasteiger partial charge in [-0.05, 0) is 12.1 Å². The number of nitrogens with zero attached hydrogens (tertiary/aromatic N) is 2. The van der Waals surface area contributed by atoms with Crippen molar-refractivity contribution < 1.29 is 14.5 Å². The molecule has 134 valence electrons. The molecule has 1 N–H and O–H groups in total. The molecule has 0 aliphatic carbocycles. The van der Waals surface area contributed by atoms with E-state index in [0.29, 0.717) is 10.7 Å². The van der Waals surface area contributed by atoms with Gasteiger partial charge in [-0.3, -0.25) is 24.5 Å². The van der Waals surface area contributed by atoms with E-state index in [0.717, 1.165) is 21.1 Å². The fourth-order valence-electron chi connectivity index (χ4n) is 3.52. The molecule has 2 amide bonds. The van der Waals surface area contributed by atoms with Crippen LogP contribution in [0.25, 0.3) is 0 Å². The van der Waals surface area contributed by atoms with Crippen LogP contribution in [0, 0.1) is 16.0 Å². The summed E-state index contributed by atoms with van der Waals surface area (Å²) >= 11 is 2.27. The first-order valence-electron chi connectivity index (χ1n) is 7.74. The van der Waals surface area contributed by atoms with Crippen molar-refractivity contribution in [2.75, 3.05) is 4.90 Å². The lowest BCUT2D eigenvalue weighted by Crippen LogP contribution is -2.41. The Morgan fingerprint density at radius 3 is 2.42 bits per heavy atom. The summed E-state index contributed by atoms with van der Waals surface area (Å²) in [6.45, 7) is 3.72. The average Bonchev–Trinajstić information content (AvgIpc) is 3.07. The number of aromatic amines is 1. The number of aromatic nitrogens is 1. The molecule has 1 aromatic heterocycles. The summed E-state index contributed by atoms with van der Waals surface area (Å²) in [5.74, 6) is -1.32. The summed E-state index contributed by atoms with van der Waals surface area (Å²) in [5, 5.41) is 10.8. The lowest BCUT2D eigenvalue weighted by molar-refractivity contribution is -0.384. The fraction of sp³-hybridized carbons (Fsp3) is 0.312. The van der Waals surface area contributed by atoms with Gasteiger partial charge in [0.2, 0.25) is 11.8 Å². The molecular weight excluding hydrogens is 378 g/mol. The van der Waals surface area contributed by atoms with E-state index >= 15 is 0 Å². The smallest absolute Gasteiger partial charge is 0.305 e. The Morgan fingerprint density at radius 2 is 1.81 bits per heavy atom. The van der Waals surface area contributed by atoms with Gasteiger partial charge in [-0.2, -0.15) is 0 Å². The van der Waals surface area contributed by atoms with Gasteiger partial charge in [0.1, 0.15) is 5.25 Å². The van der Waals surface area contributed by atoms with Crippen LogP contribution in [0.3, 0.4) is 0 Å². The number of anilines is 1. The van der Waals surface area contributed by atoms with E-state index < -0.39 is 21.5 Å². The molecule has 8 nitrogen and oxygen atoms in total. The molecule has 26 heavy (non-hydrogen) atoms. The number of thioether (sulfide) groups is 1. The van der Waals surface area contributed by atoms with E-state index in [9.17, 15) is 24.5 Å². The second-order valence-corrected chi connectivity index (χ2v) is 8.83. The van der Waals surface area contributed by atoms with Crippen molar-refractivity contribution in [2.24, 2.45) is 5.92 Å². The third kappa shape index (κ3) is 2.25. The lowest BCUT2D eigenvalue weighted by Gasteiger charge is -2.36. The zero-order chi connectivity index (χ0) is 18.8. The van der Waals surface area contributed by atoms with Crippen LogP contribution in [-0.4, -0.2) is 27.0 Å². The highest BCUT2D eigenvalue weighted by atomic mass is 32.2. The van der Waals surface area contributed by atoms with Gasteiger partial charge in [0.15, 0.2) is 0 Å². The molecule has 0 radical (unpaired) electrons. The molecule has 2 atom stereocenters. The monoisotopic (exact) mass is 391 g/mol. The quantitative estimate of drug-likeness (QED) is 0.477. The number of rotatable bonds is 2. The third-order valence-corrected chi connectivity index (χ3v) is 7.42. The highest BCUT2D eigenvalue weighted by Crippen LogP contribution is 2.53. The van der Waals surface area contributed by atoms with Crippen molar-refractivity contribution in [1.29, 1.82) is 0 Å². The fourth-order valence-corrected chi connectivity index (χ4v) is 6.30. The van der Waals surface area contributed by atoms with Gasteiger partial charge in [-0.1, -0.05) is 36.9 Å². The van der Waals surface area contributed by atoms with Crippen molar-refractivity contribution in [3.63, 3.8) is 0 Å². The minimum absolute atomic E-state index is 0.111. The number of fused-ring (bicyclic) bond motifs is 2. The summed E-state index contributed by atoms with van der Waals surface area (Å²) in [6.07, 6.45) is 0. The SMILES string of the molecule is CC1(C)c2sc(=O)[nH]c2S[C@H]2C(=O)N(c3ccc([N+](=O)[O-])cc3)C(=O)[C@@H]21. The summed E-state index contributed by atoms with van der Waals surface area (Å²) in [6, 6.07) is 5.34. The number of nitro benzene ring substituents is 1. The molecule has 0 saturated carbocycles. The maximum Gasteiger partial charge on any atom is 0.305 e. The van der Waals surface area contributed by atoms with Gasteiger partial charge in [0, 0.05) is 22.4 Å². The average molecular weight is 391 g/mol. The van der Waals surface area contributed by atoms with E-state index in [4.69, 9.17) is 0 Å². The minimum Gasteiger partial charge on any atom is -0.307 e. The number of nitro groups is 1. The molecule has 1 fully saturated rings. The Labute approximate surface area is 155 Å². The van der Waals surface area contributed by atoms with Crippen LogP contribution in [0.2, 0.25) is 0 Å². The van der Waals surface area contributed by atoms with E-state index in [1.54, 1.807) is 0 Å². The third-order valence-electron chi connectivity index (χ3n) is 4.80. The van der Waals surface area contributed by atoms with E-state index in [2.05, 4.69) is 4.98 Å². The van der Waals surface area contributed by atoms with Gasteiger partial charge in [-0.15, -0.1) is 0 Å². The number of benzene rings is 1. The van der Waals surface area contributed by atoms with Crippen LogP contribution in [0.5, 0.6) is 0 Å². The summed E-state index contributed by atoms with van der Waals surface area (Å²) in [4.78, 5) is 52.4. The standard InChI is InChI=1S/C16H13N3O5S2/c1-16(2)9-10(25-12-11(16)26-15(22)17-12)14(21)18(13(9)20)7-3-5-8(6-4-7)19(23)24/h3-6,9-10H,1-2H3,(H,17,22)/t9-,10-/m1/s1. The molecule has 1 aromatic carbocycles. The molecule has 2 aliphatic heterocycles. The normalized spacial score (nSPS) is 23.7. The first kappa shape index (κ1) is 17.0. The molecule has 1 saturated heterocycles. The summed E-state index contributed by atoms with van der Waals surface area (Å²) in [5.41, 5.74) is -0.467. The minimum atomic E-state index is -0.669. The van der Waals surface area contributed by atoms with Crippen molar-refractivity contribution in [1.82, 2.24) is 4.98 Å². The van der Waals surface area contributed by atoms with Crippen molar-refractivity contribution in [2.45, 2.75) is 29.5 Å². The first-order valence-corrected chi connectivity index (χ1v) is 9.44. The molecule has 3 heterocycles. The molecule has 10 heteroatoms. The number of hydrogen-bond donors (Lipinski definition) is 1. The van der Waals surface area contributed by atoms with Gasteiger partial charge < -0.3 is 4.98 Å². The van der Waals surface area contributed by atoms with Crippen molar-refractivity contribution in [3.05, 3.63) is 48.9 Å². The van der Waals surface area contributed by atoms with Crippen molar-refractivity contribution >= 4 is 46.3 Å². The number of non-ortho nitro benzene ring substituents is 1. The predicted octanol–water partition coefficient (Wildman–Crippen LogP) is 2.29. The molecule has 2 aliphatic rings. The number of hydrogen-bond acceptors (Lipinski definition) is 7. The second kappa shape index (κ2) is 5.52. The Hall–Kier alpha value is -2.46. The molecule has 2 aromatic rings. The number of amides is 2. The Balaban J connectivity index is 1.76. The van der Waals surface area contributed by atoms with Crippen molar-refractivity contribution in [3.8, 4) is 0 Å². The Kier molecular flexibility index (Phi) is 3.60. The van der Waals surface area contributed by atoms with Crippen LogP contribution in [0.15, 0.2) is 34.1 Å². The summed E-state index contributed by atoms with van der Waals surface area (Å²) < 4.78 is 0. The van der Waals surface area contributed by atoms with Crippen LogP contribution < -0.4 is 9.77 Å². The summed E-state index contributed by atoms with van der Waals surface area (Å²) in [7, 11) is 0. The number of thiazole rings is 1. The zero-order valence-electron chi connectivity index (χ0n) is 13.7. The number of imide groups is 1. The molecule has 0 bridgehead atoms. The largest absolute Gasteiger partial charge is 0.307 e. The predicted molar refractivity (Wildman–Crippen MR) is 96.7 cm³/mol. The van der Waals surface area contributed by atoms with Gasteiger partial charge in [-0.25, -0.2) is 4.90 Å². The van der Waals surface area contributed by atoms with Gasteiger partial charge in [0.25, 0.3) is 5.69 Å². The second-order valence-electron chi connectivity index (χ2n) is 6.70. The topological polar surface area (TPSA) is 113 Å². The number of H-pyrrole nitrogens is 1. The number of carbonyl (C=O) groups excluding carboxylic acids is 2. The lowest BCUT2D eigenvalue weighted by atomic mass is 9.76. The zero-order valence-corrected chi connectivity index (χ0v) is 15.3. The van der Waals surface area contributed by atoms with Crippen LogP contribution in [0.1, 0.15) is 18.7 Å². The maximum atomic E-state index is 13.1. The Morgan fingerprint density at radius 1 is 1.15 bits per heavy atom. The number of nitrogens with one attached hydrogen (secondary N) is 1. The van der Waals surface area contributed by atoms with E-state index in [1.165, 1.54) is 36.0 Å². The first-order chi connectivity index (χ1) is 12.2. The van der Waals surface area contributed by atoms with Gasteiger partial charge in [0.05, 0.1) is 21.6 Å². The Bertz CT molecular complexity index is 1010. The number of carbonyl (C=O) groups is 2. The highest BCUT2D eigenvalue weighted by molar-refractivity contribution is 8.00. The van der Waals surface area contributed by atoms with E-state index in [-0.39, 0.29) is 22.4 Å². The molecule has 0 spiro atoms. The molecular formula is C16H13N3O5S2. The highest BCUT2D eigenvalue weighted by Gasteiger charge is 2.59. The van der Waals surface area contributed by atoms with Crippen LogP contribution >= 0.6 is 23.1 Å². The van der Waals surface area contributed by atoms with Gasteiger partial charge >= 0.3 is 4.87 Å². The molecule has 4 rings (SSSR count). The molecule has 0 unspecified atom stereocenters. The maximum absolute atomic E-state index is 13.1. The van der Waals surface area contributed by atoms with E-state index in [1.807, 2.05) is 13.8 Å².